The average molecular weight is 751 g/mol. The van der Waals surface area contributed by atoms with Crippen LogP contribution in [0.1, 0.15) is 0 Å². The molecule has 0 aliphatic rings. The summed E-state index contributed by atoms with van der Waals surface area (Å²) in [5.74, 6) is 0. The van der Waals surface area contributed by atoms with Crippen molar-refractivity contribution < 1.29 is 4.42 Å². The number of benzene rings is 10. The minimum atomic E-state index is 0.890. The zero-order valence-corrected chi connectivity index (χ0v) is 31.9. The van der Waals surface area contributed by atoms with Gasteiger partial charge in [-0.1, -0.05) is 146 Å². The topological polar surface area (TPSA) is 23.0 Å². The maximum absolute atomic E-state index is 6.79. The van der Waals surface area contributed by atoms with Crippen molar-refractivity contribution in [2.75, 3.05) is 0 Å². The molecule has 10 aromatic carbocycles. The van der Waals surface area contributed by atoms with Crippen LogP contribution in [-0.2, 0) is 0 Å². The molecule has 3 heterocycles. The smallest absolute Gasteiger partial charge is 0.160 e. The van der Waals surface area contributed by atoms with Crippen molar-refractivity contribution in [2.45, 2.75) is 0 Å². The molecule has 0 aliphatic carbocycles. The van der Waals surface area contributed by atoms with E-state index in [1.807, 2.05) is 0 Å². The molecule has 13 rings (SSSR count). The molecule has 274 valence electrons. The number of furan rings is 1. The van der Waals surface area contributed by atoms with Crippen LogP contribution in [0.4, 0.5) is 0 Å². The third-order valence-electron chi connectivity index (χ3n) is 12.5. The zero-order valence-electron chi connectivity index (χ0n) is 31.9. The summed E-state index contributed by atoms with van der Waals surface area (Å²) in [5, 5.41) is 12.2. The summed E-state index contributed by atoms with van der Waals surface area (Å²) in [4.78, 5) is 0. The van der Waals surface area contributed by atoms with Crippen LogP contribution < -0.4 is 0 Å². The molecule has 0 atom stereocenters. The number of rotatable bonds is 4. The lowest BCUT2D eigenvalue weighted by atomic mass is 9.98. The third-order valence-corrected chi connectivity index (χ3v) is 12.5. The van der Waals surface area contributed by atoms with Crippen molar-refractivity contribution in [1.82, 2.24) is 9.13 Å². The number of fused-ring (bicyclic) bond motifs is 12. The van der Waals surface area contributed by atoms with Gasteiger partial charge in [-0.3, -0.25) is 0 Å². The highest BCUT2D eigenvalue weighted by atomic mass is 16.3. The van der Waals surface area contributed by atoms with Gasteiger partial charge in [0.15, 0.2) is 5.58 Å². The van der Waals surface area contributed by atoms with E-state index in [4.69, 9.17) is 4.42 Å². The van der Waals surface area contributed by atoms with Gasteiger partial charge in [-0.05, 0) is 104 Å². The van der Waals surface area contributed by atoms with Crippen molar-refractivity contribution in [2.24, 2.45) is 0 Å². The summed E-state index contributed by atoms with van der Waals surface area (Å²) in [6.07, 6.45) is 0. The van der Waals surface area contributed by atoms with Crippen LogP contribution in [-0.4, -0.2) is 9.13 Å². The molecule has 0 N–H and O–H groups in total. The largest absolute Gasteiger partial charge is 0.454 e. The highest BCUT2D eigenvalue weighted by Crippen LogP contribution is 2.43. The SMILES string of the molecule is c1ccc(-c2ccc(-n3c4ccccc4c4cc(-c5ccc6c(c5)c5ccccc5n6-c5ccc6c(ccc7ccccc76)c5)ccc43)c3oc4ccccc4c23)cc1. The standard InChI is InChI=1S/C56H34N2O/c1-2-12-35(13-3-1)43-28-31-53(56-55(43)46-18-8-11-21-54(46)59-56)58-50-20-10-7-17-45(50)48-34-38(25-30-52(48)58)37-24-29-51-47(33-37)44-16-6-9-19-49(44)57(51)40-26-27-42-39(32-40)23-22-36-14-4-5-15-41(36)42/h1-34H. The van der Waals surface area contributed by atoms with Gasteiger partial charge in [0.25, 0.3) is 0 Å². The molecule has 0 saturated heterocycles. The number of hydrogen-bond donors (Lipinski definition) is 0. The van der Waals surface area contributed by atoms with Crippen LogP contribution in [0, 0.1) is 0 Å². The second kappa shape index (κ2) is 12.3. The second-order valence-corrected chi connectivity index (χ2v) is 15.7. The molecule has 0 fully saturated rings. The Morgan fingerprint density at radius 2 is 0.898 bits per heavy atom. The van der Waals surface area contributed by atoms with Crippen LogP contribution in [0.2, 0.25) is 0 Å². The van der Waals surface area contributed by atoms with E-state index in [1.165, 1.54) is 76.4 Å². The second-order valence-electron chi connectivity index (χ2n) is 15.7. The first kappa shape index (κ1) is 32.2. The Labute approximate surface area is 339 Å². The van der Waals surface area contributed by atoms with Crippen molar-refractivity contribution in [3.8, 4) is 33.6 Å². The van der Waals surface area contributed by atoms with Gasteiger partial charge in [0.05, 0.1) is 27.8 Å². The predicted octanol–water partition coefficient (Wildman–Crippen LogP) is 15.4. The molecule has 0 amide bonds. The van der Waals surface area contributed by atoms with Crippen molar-refractivity contribution in [3.63, 3.8) is 0 Å². The third kappa shape index (κ3) is 4.70. The van der Waals surface area contributed by atoms with Gasteiger partial charge in [0, 0.05) is 38.0 Å². The van der Waals surface area contributed by atoms with Crippen LogP contribution >= 0.6 is 0 Å². The molecule has 0 unspecified atom stereocenters. The minimum absolute atomic E-state index is 0.890. The summed E-state index contributed by atoms with van der Waals surface area (Å²) in [6, 6.07) is 75.0. The number of nitrogens with zero attached hydrogens (tertiary/aromatic N) is 2. The first-order valence-corrected chi connectivity index (χ1v) is 20.3. The molecule has 0 radical (unpaired) electrons. The summed E-state index contributed by atoms with van der Waals surface area (Å²) in [5.41, 5.74) is 13.4. The fraction of sp³-hybridized carbons (Fsp3) is 0. The Morgan fingerprint density at radius 3 is 1.66 bits per heavy atom. The molecular weight excluding hydrogens is 717 g/mol. The zero-order chi connectivity index (χ0) is 38.6. The lowest BCUT2D eigenvalue weighted by Gasteiger charge is -2.12. The normalized spacial score (nSPS) is 12.1. The van der Waals surface area contributed by atoms with E-state index in [0.717, 1.165) is 44.3 Å². The van der Waals surface area contributed by atoms with Crippen molar-refractivity contribution >= 4 is 87.1 Å². The Balaban J connectivity index is 0.987. The van der Waals surface area contributed by atoms with Gasteiger partial charge < -0.3 is 13.6 Å². The van der Waals surface area contributed by atoms with Gasteiger partial charge in [-0.15, -0.1) is 0 Å². The predicted molar refractivity (Wildman–Crippen MR) is 248 cm³/mol. The van der Waals surface area contributed by atoms with E-state index < -0.39 is 0 Å². The van der Waals surface area contributed by atoms with E-state index in [9.17, 15) is 0 Å². The van der Waals surface area contributed by atoms with Crippen LogP contribution in [0.15, 0.2) is 211 Å². The van der Waals surface area contributed by atoms with E-state index in [0.29, 0.717) is 0 Å². The number of hydrogen-bond acceptors (Lipinski definition) is 1. The van der Waals surface area contributed by atoms with Crippen LogP contribution in [0.5, 0.6) is 0 Å². The molecule has 13 aromatic rings. The van der Waals surface area contributed by atoms with Gasteiger partial charge in [-0.2, -0.15) is 0 Å². The van der Waals surface area contributed by atoms with Gasteiger partial charge in [0.1, 0.15) is 5.58 Å². The molecule has 3 nitrogen and oxygen atoms in total. The summed E-state index contributed by atoms with van der Waals surface area (Å²) < 4.78 is 11.6. The number of aromatic nitrogens is 2. The highest BCUT2D eigenvalue weighted by molar-refractivity contribution is 6.18. The fourth-order valence-electron chi connectivity index (χ4n) is 9.83. The lowest BCUT2D eigenvalue weighted by molar-refractivity contribution is 0.666. The van der Waals surface area contributed by atoms with Gasteiger partial charge >= 0.3 is 0 Å². The maximum Gasteiger partial charge on any atom is 0.160 e. The maximum atomic E-state index is 6.79. The van der Waals surface area contributed by atoms with Crippen LogP contribution in [0.25, 0.3) is 121 Å². The van der Waals surface area contributed by atoms with Gasteiger partial charge in [0.2, 0.25) is 0 Å². The van der Waals surface area contributed by atoms with E-state index in [1.54, 1.807) is 0 Å². The molecule has 3 aromatic heterocycles. The Morgan fingerprint density at radius 1 is 0.322 bits per heavy atom. The van der Waals surface area contributed by atoms with Crippen molar-refractivity contribution in [1.29, 1.82) is 0 Å². The summed E-state index contributed by atoms with van der Waals surface area (Å²) in [7, 11) is 0. The van der Waals surface area contributed by atoms with Crippen molar-refractivity contribution in [3.05, 3.63) is 206 Å². The molecule has 59 heavy (non-hydrogen) atoms. The van der Waals surface area contributed by atoms with E-state index >= 15 is 0 Å². The molecule has 3 heteroatoms. The van der Waals surface area contributed by atoms with Gasteiger partial charge in [-0.25, -0.2) is 0 Å². The molecule has 0 spiro atoms. The Kier molecular flexibility index (Phi) is 6.72. The fourth-order valence-corrected chi connectivity index (χ4v) is 9.83. The van der Waals surface area contributed by atoms with E-state index in [-0.39, 0.29) is 0 Å². The average Bonchev–Trinajstić information content (AvgIpc) is 3.97. The quantitative estimate of drug-likeness (QED) is 0.164. The molecule has 0 aliphatic heterocycles. The Bertz CT molecular complexity index is 3840. The monoisotopic (exact) mass is 750 g/mol. The van der Waals surface area contributed by atoms with E-state index in [2.05, 4.69) is 215 Å². The van der Waals surface area contributed by atoms with Crippen LogP contribution in [0.3, 0.4) is 0 Å². The summed E-state index contributed by atoms with van der Waals surface area (Å²) >= 11 is 0. The summed E-state index contributed by atoms with van der Waals surface area (Å²) in [6.45, 7) is 0. The lowest BCUT2D eigenvalue weighted by Crippen LogP contribution is -1.95. The number of para-hydroxylation sites is 3. The molecular formula is C56H34N2O. The first-order chi connectivity index (χ1) is 29.3. The molecule has 0 saturated carbocycles. The molecule has 0 bridgehead atoms. The highest BCUT2D eigenvalue weighted by Gasteiger charge is 2.21. The minimum Gasteiger partial charge on any atom is -0.454 e. The first-order valence-electron chi connectivity index (χ1n) is 20.3. The Hall–Kier alpha value is -7.88.